The number of hydrogen-bond donors (Lipinski definition) is 2. The predicted octanol–water partition coefficient (Wildman–Crippen LogP) is 5.23. The lowest BCUT2D eigenvalue weighted by Gasteiger charge is -2.22. The number of pyridine rings is 2. The van der Waals surface area contributed by atoms with Crippen LogP contribution in [0.1, 0.15) is 50.5 Å². The van der Waals surface area contributed by atoms with Gasteiger partial charge in [-0.05, 0) is 74.4 Å². The summed E-state index contributed by atoms with van der Waals surface area (Å²) in [5.74, 6) is 1.44. The number of carbonyl (C=O) groups excluding carboxylic acids is 1. The number of carbonyl (C=O) groups is 1. The van der Waals surface area contributed by atoms with Crippen molar-refractivity contribution in [2.24, 2.45) is 0 Å². The Bertz CT molecular complexity index is 1690. The third-order valence-electron chi connectivity index (χ3n) is 6.48. The van der Waals surface area contributed by atoms with Crippen LogP contribution in [0.25, 0.3) is 34.1 Å². The summed E-state index contributed by atoms with van der Waals surface area (Å²) in [7, 11) is 0. The highest BCUT2D eigenvalue weighted by molar-refractivity contribution is 5.83. The number of nitrogen functional groups attached to an aromatic ring is 1. The normalized spacial score (nSPS) is 16.8. The second kappa shape index (κ2) is 9.19. The van der Waals surface area contributed by atoms with Crippen molar-refractivity contribution in [2.45, 2.75) is 45.0 Å². The van der Waals surface area contributed by atoms with Gasteiger partial charge in [0.25, 0.3) is 0 Å². The number of anilines is 1. The van der Waals surface area contributed by atoms with E-state index in [4.69, 9.17) is 20.4 Å². The van der Waals surface area contributed by atoms with Crippen LogP contribution in [0.15, 0.2) is 67.1 Å². The first-order chi connectivity index (χ1) is 18.7. The Hall–Kier alpha value is -4.80. The number of rotatable bonds is 4. The molecule has 0 saturated carbocycles. The molecule has 1 aliphatic carbocycles. The Balaban J connectivity index is 1.47. The van der Waals surface area contributed by atoms with E-state index in [2.05, 4.69) is 15.4 Å². The first-order valence-corrected chi connectivity index (χ1v) is 12.6. The van der Waals surface area contributed by atoms with Crippen LogP contribution in [0.4, 0.5) is 15.0 Å². The van der Waals surface area contributed by atoms with Crippen molar-refractivity contribution in [2.75, 3.05) is 5.73 Å². The molecule has 4 heterocycles. The van der Waals surface area contributed by atoms with Gasteiger partial charge in [-0.25, -0.2) is 28.8 Å². The SMILES string of the molecule is CC(C)(C)OC(=O)N[C@H]1CC(F)c2cc(-n3c(-c4cccnc4N)nc4ccc(-n5cccn5)nc43)ccc21. The number of nitrogens with one attached hydrogen (secondary N) is 1. The monoisotopic (exact) mass is 526 g/mol. The topological polar surface area (TPSA) is 126 Å². The third-order valence-corrected chi connectivity index (χ3v) is 6.48. The van der Waals surface area contributed by atoms with E-state index < -0.39 is 23.9 Å². The van der Waals surface area contributed by atoms with Gasteiger partial charge in [0.05, 0.1) is 11.6 Å². The summed E-state index contributed by atoms with van der Waals surface area (Å²) >= 11 is 0. The fourth-order valence-corrected chi connectivity index (χ4v) is 4.85. The molecule has 5 aromatic rings. The van der Waals surface area contributed by atoms with Gasteiger partial charge < -0.3 is 15.8 Å². The molecule has 0 spiro atoms. The molecule has 3 N–H and O–H groups in total. The van der Waals surface area contributed by atoms with Gasteiger partial charge in [-0.3, -0.25) is 4.57 Å². The lowest BCUT2D eigenvalue weighted by molar-refractivity contribution is 0.0499. The van der Waals surface area contributed by atoms with E-state index in [1.54, 1.807) is 56.2 Å². The average molecular weight is 527 g/mol. The molecule has 2 atom stereocenters. The van der Waals surface area contributed by atoms with Crippen LogP contribution < -0.4 is 11.1 Å². The van der Waals surface area contributed by atoms with Crippen molar-refractivity contribution in [1.82, 2.24) is 34.6 Å². The van der Waals surface area contributed by atoms with Crippen molar-refractivity contribution in [3.8, 4) is 22.9 Å². The molecule has 0 radical (unpaired) electrons. The molecule has 10 nitrogen and oxygen atoms in total. The summed E-state index contributed by atoms with van der Waals surface area (Å²) in [6, 6.07) is 14.1. The van der Waals surface area contributed by atoms with Gasteiger partial charge in [0.1, 0.15) is 23.1 Å². The van der Waals surface area contributed by atoms with E-state index in [0.717, 1.165) is 0 Å². The Labute approximate surface area is 223 Å². The molecule has 1 aromatic carbocycles. The fraction of sp³-hybridized carbons (Fsp3) is 0.250. The first kappa shape index (κ1) is 24.5. The summed E-state index contributed by atoms with van der Waals surface area (Å²) in [5, 5.41) is 7.09. The van der Waals surface area contributed by atoms with Gasteiger partial charge in [0, 0.05) is 30.7 Å². The van der Waals surface area contributed by atoms with E-state index in [1.165, 1.54) is 0 Å². The van der Waals surface area contributed by atoms with Crippen LogP contribution in [0, 0.1) is 0 Å². The largest absolute Gasteiger partial charge is 0.444 e. The van der Waals surface area contributed by atoms with E-state index in [0.29, 0.717) is 51.0 Å². The maximum absolute atomic E-state index is 15.4. The molecule has 11 heteroatoms. The van der Waals surface area contributed by atoms with Crippen molar-refractivity contribution >= 4 is 23.1 Å². The maximum atomic E-state index is 15.4. The zero-order valence-electron chi connectivity index (χ0n) is 21.7. The van der Waals surface area contributed by atoms with Crippen LogP contribution in [-0.4, -0.2) is 41.0 Å². The number of imidazole rings is 1. The quantitative estimate of drug-likeness (QED) is 0.328. The lowest BCUT2D eigenvalue weighted by atomic mass is 10.1. The number of aromatic nitrogens is 6. The zero-order valence-corrected chi connectivity index (χ0v) is 21.7. The zero-order chi connectivity index (χ0) is 27.3. The summed E-state index contributed by atoms with van der Waals surface area (Å²) in [6.45, 7) is 5.35. The molecular formula is C28H27FN8O2. The van der Waals surface area contributed by atoms with Gasteiger partial charge in [0.15, 0.2) is 17.3 Å². The number of hydrogen-bond acceptors (Lipinski definition) is 7. The van der Waals surface area contributed by atoms with Crippen molar-refractivity contribution in [3.63, 3.8) is 0 Å². The van der Waals surface area contributed by atoms with Gasteiger partial charge >= 0.3 is 6.09 Å². The van der Waals surface area contributed by atoms with Crippen LogP contribution in [0.2, 0.25) is 0 Å². The van der Waals surface area contributed by atoms with Gasteiger partial charge in [-0.2, -0.15) is 5.10 Å². The molecule has 1 unspecified atom stereocenters. The van der Waals surface area contributed by atoms with Gasteiger partial charge in [-0.15, -0.1) is 0 Å². The molecule has 1 amide bonds. The molecule has 0 aliphatic heterocycles. The fourth-order valence-electron chi connectivity index (χ4n) is 4.85. The van der Waals surface area contributed by atoms with Crippen molar-refractivity contribution in [3.05, 3.63) is 78.2 Å². The molecule has 39 heavy (non-hydrogen) atoms. The van der Waals surface area contributed by atoms with Crippen molar-refractivity contribution in [1.29, 1.82) is 0 Å². The van der Waals surface area contributed by atoms with Crippen LogP contribution in [0.3, 0.4) is 0 Å². The third kappa shape index (κ3) is 4.56. The molecule has 4 aromatic heterocycles. The smallest absolute Gasteiger partial charge is 0.408 e. The predicted molar refractivity (Wildman–Crippen MR) is 144 cm³/mol. The number of nitrogens with two attached hydrogens (primary N) is 1. The summed E-state index contributed by atoms with van der Waals surface area (Å²) in [6.07, 6.45) is 3.36. The minimum absolute atomic E-state index is 0.118. The van der Waals surface area contributed by atoms with Crippen LogP contribution >= 0.6 is 0 Å². The maximum Gasteiger partial charge on any atom is 0.408 e. The molecule has 1 aliphatic rings. The summed E-state index contributed by atoms with van der Waals surface area (Å²) in [4.78, 5) is 26.3. The number of alkyl halides is 1. The summed E-state index contributed by atoms with van der Waals surface area (Å²) < 4.78 is 24.2. The summed E-state index contributed by atoms with van der Waals surface area (Å²) in [5.41, 5.74) is 9.24. The number of amides is 1. The van der Waals surface area contributed by atoms with Crippen molar-refractivity contribution < 1.29 is 13.9 Å². The molecule has 6 rings (SSSR count). The molecule has 0 bridgehead atoms. The second-order valence-electron chi connectivity index (χ2n) is 10.4. The van der Waals surface area contributed by atoms with E-state index in [-0.39, 0.29) is 6.42 Å². The number of fused-ring (bicyclic) bond motifs is 2. The number of ether oxygens (including phenoxy) is 1. The minimum atomic E-state index is -1.27. The van der Waals surface area contributed by atoms with Crippen LogP contribution in [-0.2, 0) is 4.74 Å². The molecular weight excluding hydrogens is 499 g/mol. The Morgan fingerprint density at radius 1 is 1.10 bits per heavy atom. The van der Waals surface area contributed by atoms with E-state index >= 15 is 4.39 Å². The molecule has 0 saturated heterocycles. The highest BCUT2D eigenvalue weighted by atomic mass is 19.1. The molecule has 198 valence electrons. The Morgan fingerprint density at radius 2 is 1.95 bits per heavy atom. The van der Waals surface area contributed by atoms with E-state index in [9.17, 15) is 4.79 Å². The number of halogens is 1. The standard InChI is InChI=1S/C28H27FN8O2/c1-28(2,3)39-27(38)34-22-15-20(29)19-14-16(7-8-17(19)22)37-25(18-6-4-11-31-24(18)30)33-21-9-10-23(35-26(21)37)36-13-5-12-32-36/h4-14,20,22H,15H2,1-3H3,(H2,30,31)(H,34,38)/t20?,22-/m0/s1. The van der Waals surface area contributed by atoms with E-state index in [1.807, 2.05) is 41.0 Å². The lowest BCUT2D eigenvalue weighted by Crippen LogP contribution is -2.34. The van der Waals surface area contributed by atoms with Gasteiger partial charge in [0.2, 0.25) is 0 Å². The second-order valence-corrected chi connectivity index (χ2v) is 10.4. The Morgan fingerprint density at radius 3 is 2.69 bits per heavy atom. The number of alkyl carbamates (subject to hydrolysis) is 1. The average Bonchev–Trinajstić information content (AvgIpc) is 3.61. The highest BCUT2D eigenvalue weighted by Crippen LogP contribution is 2.43. The first-order valence-electron chi connectivity index (χ1n) is 12.6. The minimum Gasteiger partial charge on any atom is -0.444 e. The Kier molecular flexibility index (Phi) is 5.78. The van der Waals surface area contributed by atoms with Gasteiger partial charge in [-0.1, -0.05) is 6.07 Å². The molecule has 0 fully saturated rings. The van der Waals surface area contributed by atoms with Crippen LogP contribution in [0.5, 0.6) is 0 Å². The number of benzene rings is 1. The number of nitrogens with zero attached hydrogens (tertiary/aromatic N) is 6. The highest BCUT2D eigenvalue weighted by Gasteiger charge is 2.34.